The lowest BCUT2D eigenvalue weighted by atomic mass is 10.2. The number of esters is 1. The first-order valence-electron chi connectivity index (χ1n) is 9.73. The van der Waals surface area contributed by atoms with Crippen LogP contribution in [-0.4, -0.2) is 38.9 Å². The van der Waals surface area contributed by atoms with Crippen molar-refractivity contribution in [3.63, 3.8) is 0 Å². The maximum Gasteiger partial charge on any atom is 0.343 e. The molecular formula is C24H21FN2O6. The molecule has 0 aromatic heterocycles. The minimum absolute atomic E-state index is 0.270. The normalized spacial score (nSPS) is 10.5. The summed E-state index contributed by atoms with van der Waals surface area (Å²) in [5, 5.41) is 3.84. The lowest BCUT2D eigenvalue weighted by molar-refractivity contribution is -0.123. The van der Waals surface area contributed by atoms with Crippen LogP contribution in [0.4, 0.5) is 4.39 Å². The third kappa shape index (κ3) is 6.79. The van der Waals surface area contributed by atoms with E-state index in [0.29, 0.717) is 34.1 Å². The van der Waals surface area contributed by atoms with Gasteiger partial charge in [0.25, 0.3) is 5.91 Å². The van der Waals surface area contributed by atoms with Crippen LogP contribution in [0.15, 0.2) is 71.8 Å². The van der Waals surface area contributed by atoms with Gasteiger partial charge in [-0.05, 0) is 72.3 Å². The topological polar surface area (TPSA) is 95.5 Å². The van der Waals surface area contributed by atoms with Gasteiger partial charge in [-0.15, -0.1) is 0 Å². The van der Waals surface area contributed by atoms with Gasteiger partial charge >= 0.3 is 5.97 Å². The Morgan fingerprint density at radius 3 is 2.24 bits per heavy atom. The fourth-order valence-corrected chi connectivity index (χ4v) is 2.64. The number of hydrazone groups is 1. The van der Waals surface area contributed by atoms with Crippen molar-refractivity contribution < 1.29 is 32.9 Å². The van der Waals surface area contributed by atoms with Gasteiger partial charge < -0.3 is 18.9 Å². The van der Waals surface area contributed by atoms with Gasteiger partial charge in [0.2, 0.25) is 0 Å². The highest BCUT2D eigenvalue weighted by atomic mass is 19.1. The zero-order valence-corrected chi connectivity index (χ0v) is 17.9. The quantitative estimate of drug-likeness (QED) is 0.231. The molecule has 0 spiro atoms. The number of amides is 1. The van der Waals surface area contributed by atoms with Crippen molar-refractivity contribution in [2.45, 2.75) is 0 Å². The highest BCUT2D eigenvalue weighted by molar-refractivity contribution is 5.92. The van der Waals surface area contributed by atoms with Crippen LogP contribution in [0.5, 0.6) is 23.0 Å². The number of ether oxygens (including phenoxy) is 4. The van der Waals surface area contributed by atoms with Gasteiger partial charge in [0, 0.05) is 0 Å². The summed E-state index contributed by atoms with van der Waals surface area (Å²) in [7, 11) is 2.99. The van der Waals surface area contributed by atoms with E-state index in [9.17, 15) is 14.0 Å². The molecule has 8 nitrogen and oxygen atoms in total. The minimum atomic E-state index is -0.550. The van der Waals surface area contributed by atoms with Crippen molar-refractivity contribution in [2.24, 2.45) is 5.10 Å². The Hall–Kier alpha value is -4.40. The number of nitrogens with zero attached hydrogens (tertiary/aromatic N) is 1. The number of benzene rings is 3. The van der Waals surface area contributed by atoms with Crippen LogP contribution in [0.1, 0.15) is 15.9 Å². The number of halogens is 1. The molecule has 1 N–H and O–H groups in total. The van der Waals surface area contributed by atoms with Gasteiger partial charge in [0.15, 0.2) is 18.1 Å². The molecule has 0 bridgehead atoms. The van der Waals surface area contributed by atoms with E-state index < -0.39 is 17.7 Å². The molecule has 0 fully saturated rings. The van der Waals surface area contributed by atoms with Crippen LogP contribution in [0.3, 0.4) is 0 Å². The van der Waals surface area contributed by atoms with Gasteiger partial charge in [-0.25, -0.2) is 14.6 Å². The van der Waals surface area contributed by atoms with E-state index in [1.165, 1.54) is 50.8 Å². The third-order valence-electron chi connectivity index (χ3n) is 4.30. The summed E-state index contributed by atoms with van der Waals surface area (Å²) in [6, 6.07) is 16.6. The summed E-state index contributed by atoms with van der Waals surface area (Å²) in [6.07, 6.45) is 1.43. The first kappa shape index (κ1) is 23.3. The third-order valence-corrected chi connectivity index (χ3v) is 4.30. The average Bonchev–Trinajstić information content (AvgIpc) is 2.84. The lowest BCUT2D eigenvalue weighted by Gasteiger charge is -2.09. The van der Waals surface area contributed by atoms with E-state index >= 15 is 0 Å². The van der Waals surface area contributed by atoms with Crippen LogP contribution in [0, 0.1) is 5.82 Å². The molecule has 0 saturated carbocycles. The highest BCUT2D eigenvalue weighted by Crippen LogP contribution is 2.28. The largest absolute Gasteiger partial charge is 0.493 e. The fourth-order valence-electron chi connectivity index (χ4n) is 2.64. The number of carbonyl (C=O) groups excluding carboxylic acids is 2. The van der Waals surface area contributed by atoms with Crippen molar-refractivity contribution in [3.8, 4) is 23.0 Å². The van der Waals surface area contributed by atoms with Gasteiger partial charge in [-0.3, -0.25) is 4.79 Å². The van der Waals surface area contributed by atoms with E-state index in [2.05, 4.69) is 10.5 Å². The molecule has 33 heavy (non-hydrogen) atoms. The van der Waals surface area contributed by atoms with Crippen LogP contribution >= 0.6 is 0 Å². The van der Waals surface area contributed by atoms with Gasteiger partial charge in [-0.1, -0.05) is 0 Å². The number of rotatable bonds is 9. The number of nitrogens with one attached hydrogen (secondary N) is 1. The number of hydrogen-bond acceptors (Lipinski definition) is 7. The Kier molecular flexibility index (Phi) is 7.96. The summed E-state index contributed by atoms with van der Waals surface area (Å²) < 4.78 is 33.8. The molecular weight excluding hydrogens is 431 g/mol. The number of methoxy groups -OCH3 is 2. The Balaban J connectivity index is 1.49. The van der Waals surface area contributed by atoms with Crippen LogP contribution in [0.2, 0.25) is 0 Å². The van der Waals surface area contributed by atoms with Gasteiger partial charge in [-0.2, -0.15) is 5.10 Å². The van der Waals surface area contributed by atoms with Crippen LogP contribution in [0.25, 0.3) is 0 Å². The predicted octanol–water partition coefficient (Wildman–Crippen LogP) is 3.59. The Morgan fingerprint density at radius 2 is 1.58 bits per heavy atom. The first-order chi connectivity index (χ1) is 16.0. The summed E-state index contributed by atoms with van der Waals surface area (Å²) in [5.41, 5.74) is 3.30. The van der Waals surface area contributed by atoms with Crippen molar-refractivity contribution in [1.82, 2.24) is 5.43 Å². The molecule has 0 radical (unpaired) electrons. The van der Waals surface area contributed by atoms with Gasteiger partial charge in [0.1, 0.15) is 17.3 Å². The average molecular weight is 452 g/mol. The van der Waals surface area contributed by atoms with Crippen molar-refractivity contribution >= 4 is 18.1 Å². The molecule has 9 heteroatoms. The molecule has 3 aromatic rings. The van der Waals surface area contributed by atoms with E-state index in [1.54, 1.807) is 36.4 Å². The SMILES string of the molecule is COc1ccc(C(=O)Oc2ccc(/C=N/NC(=O)COc3ccc(F)cc3)cc2)cc1OC. The maximum atomic E-state index is 12.8. The Bertz CT molecular complexity index is 1130. The van der Waals surface area contributed by atoms with Crippen molar-refractivity contribution in [1.29, 1.82) is 0 Å². The summed E-state index contributed by atoms with van der Waals surface area (Å²) in [6.45, 7) is -0.270. The predicted molar refractivity (Wildman–Crippen MR) is 119 cm³/mol. The maximum absolute atomic E-state index is 12.8. The van der Waals surface area contributed by atoms with E-state index in [0.717, 1.165) is 0 Å². The zero-order valence-electron chi connectivity index (χ0n) is 17.9. The van der Waals surface area contributed by atoms with E-state index in [4.69, 9.17) is 18.9 Å². The zero-order chi connectivity index (χ0) is 23.6. The molecule has 0 aliphatic carbocycles. The Labute approximate surface area is 189 Å². The second kappa shape index (κ2) is 11.3. The monoisotopic (exact) mass is 452 g/mol. The molecule has 0 heterocycles. The Morgan fingerprint density at radius 1 is 0.909 bits per heavy atom. The fraction of sp³-hybridized carbons (Fsp3) is 0.125. The summed E-state index contributed by atoms with van der Waals surface area (Å²) in [5.74, 6) is 0.216. The molecule has 170 valence electrons. The number of hydrogen-bond donors (Lipinski definition) is 1. The van der Waals surface area contributed by atoms with Gasteiger partial charge in [0.05, 0.1) is 26.0 Å². The molecule has 0 atom stereocenters. The lowest BCUT2D eigenvalue weighted by Crippen LogP contribution is -2.24. The molecule has 1 amide bonds. The standard InChI is InChI=1S/C24H21FN2O6/c1-30-21-12-5-17(13-22(21)31-2)24(29)33-20-8-3-16(4-9-20)14-26-27-23(28)15-32-19-10-6-18(25)7-11-19/h3-14H,15H2,1-2H3,(H,27,28)/b26-14+. The summed E-state index contributed by atoms with van der Waals surface area (Å²) >= 11 is 0. The molecule has 0 saturated heterocycles. The summed E-state index contributed by atoms with van der Waals surface area (Å²) in [4.78, 5) is 24.1. The molecule has 3 rings (SSSR count). The number of carbonyl (C=O) groups is 2. The van der Waals surface area contributed by atoms with Crippen LogP contribution in [-0.2, 0) is 4.79 Å². The second-order valence-corrected chi connectivity index (χ2v) is 6.56. The molecule has 0 aliphatic heterocycles. The molecule has 0 aliphatic rings. The first-order valence-corrected chi connectivity index (χ1v) is 9.73. The second-order valence-electron chi connectivity index (χ2n) is 6.56. The smallest absolute Gasteiger partial charge is 0.343 e. The van der Waals surface area contributed by atoms with E-state index in [1.807, 2.05) is 0 Å². The molecule has 3 aromatic carbocycles. The minimum Gasteiger partial charge on any atom is -0.493 e. The highest BCUT2D eigenvalue weighted by Gasteiger charge is 2.13. The molecule has 0 unspecified atom stereocenters. The van der Waals surface area contributed by atoms with Crippen molar-refractivity contribution in [2.75, 3.05) is 20.8 Å². The van der Waals surface area contributed by atoms with Crippen LogP contribution < -0.4 is 24.4 Å². The van der Waals surface area contributed by atoms with E-state index in [-0.39, 0.29) is 6.61 Å². The van der Waals surface area contributed by atoms with Crippen molar-refractivity contribution in [3.05, 3.63) is 83.7 Å².